The van der Waals surface area contributed by atoms with Crippen LogP contribution in [0, 0.1) is 5.82 Å². The van der Waals surface area contributed by atoms with Crippen molar-refractivity contribution in [3.05, 3.63) is 58.3 Å². The molecule has 1 N–H and O–H groups in total. The van der Waals surface area contributed by atoms with Crippen LogP contribution >= 0.6 is 15.9 Å². The maximum atomic E-state index is 13.4. The summed E-state index contributed by atoms with van der Waals surface area (Å²) in [5.41, 5.74) is 0.585. The van der Waals surface area contributed by atoms with Crippen LogP contribution in [-0.4, -0.2) is 56.3 Å². The van der Waals surface area contributed by atoms with Gasteiger partial charge in [0.2, 0.25) is 10.0 Å². The Balaban J connectivity index is 1.71. The molecule has 3 rings (SSSR count). The van der Waals surface area contributed by atoms with Crippen LogP contribution in [0.25, 0.3) is 0 Å². The lowest BCUT2D eigenvalue weighted by molar-refractivity contribution is 0.102. The van der Waals surface area contributed by atoms with Gasteiger partial charge in [0.15, 0.2) is 0 Å². The number of nitrogens with one attached hydrogen (secondary N) is 1. The van der Waals surface area contributed by atoms with E-state index in [2.05, 4.69) is 33.1 Å². The Morgan fingerprint density at radius 3 is 2.36 bits per heavy atom. The number of hydrogen-bond acceptors (Lipinski definition) is 4. The molecule has 1 amide bonds. The summed E-state index contributed by atoms with van der Waals surface area (Å²) in [6, 6.07) is 9.84. The Bertz CT molecular complexity index is 959. The van der Waals surface area contributed by atoms with Crippen LogP contribution in [0.2, 0.25) is 0 Å². The summed E-state index contributed by atoms with van der Waals surface area (Å²) in [4.78, 5) is 14.7. The molecule has 9 heteroatoms. The van der Waals surface area contributed by atoms with E-state index in [1.54, 1.807) is 0 Å². The summed E-state index contributed by atoms with van der Waals surface area (Å²) in [7, 11) is -3.57. The van der Waals surface area contributed by atoms with Crippen molar-refractivity contribution in [1.82, 2.24) is 9.21 Å². The summed E-state index contributed by atoms with van der Waals surface area (Å²) < 4.78 is 40.9. The number of nitrogens with zero attached hydrogens (tertiary/aromatic N) is 2. The van der Waals surface area contributed by atoms with Crippen LogP contribution in [-0.2, 0) is 10.0 Å². The largest absolute Gasteiger partial charge is 0.322 e. The molecule has 0 atom stereocenters. The Morgan fingerprint density at radius 1 is 1.11 bits per heavy atom. The van der Waals surface area contributed by atoms with Crippen molar-refractivity contribution in [3.63, 3.8) is 0 Å². The summed E-state index contributed by atoms with van der Waals surface area (Å²) in [5, 5.41) is 2.65. The number of carbonyl (C=O) groups is 1. The number of benzene rings is 2. The third kappa shape index (κ3) is 4.60. The molecule has 0 unspecified atom stereocenters. The molecule has 1 fully saturated rings. The molecule has 1 aliphatic heterocycles. The molecular formula is C19H21BrFN3O3S. The smallest absolute Gasteiger partial charge is 0.256 e. The van der Waals surface area contributed by atoms with E-state index in [0.29, 0.717) is 36.3 Å². The van der Waals surface area contributed by atoms with Gasteiger partial charge in [0.25, 0.3) is 5.91 Å². The molecule has 28 heavy (non-hydrogen) atoms. The van der Waals surface area contributed by atoms with Crippen LogP contribution in [0.15, 0.2) is 51.8 Å². The summed E-state index contributed by atoms with van der Waals surface area (Å²) in [6.45, 7) is 5.31. The average Bonchev–Trinajstić information content (AvgIpc) is 2.70. The van der Waals surface area contributed by atoms with E-state index in [1.165, 1.54) is 40.7 Å². The maximum Gasteiger partial charge on any atom is 0.256 e. The standard InChI is InChI=1S/C19H21BrFN3O3S/c1-2-23-9-11-24(12-10-23)28(26,27)16-6-4-15(5-7-16)22-19(25)17-13-14(21)3-8-18(17)20/h3-8,13H,2,9-12H2,1H3,(H,22,25). The SMILES string of the molecule is CCN1CCN(S(=O)(=O)c2ccc(NC(=O)c3cc(F)ccc3Br)cc2)CC1. The number of rotatable bonds is 5. The van der Waals surface area contributed by atoms with Crippen molar-refractivity contribution in [3.8, 4) is 0 Å². The Hall–Kier alpha value is -1.81. The fourth-order valence-corrected chi connectivity index (χ4v) is 4.86. The first-order valence-electron chi connectivity index (χ1n) is 8.90. The van der Waals surface area contributed by atoms with Gasteiger partial charge >= 0.3 is 0 Å². The van der Waals surface area contributed by atoms with Crippen LogP contribution in [0.3, 0.4) is 0 Å². The van der Waals surface area contributed by atoms with Crippen LogP contribution in [0.5, 0.6) is 0 Å². The molecule has 0 bridgehead atoms. The number of piperazine rings is 1. The Kier molecular flexibility index (Phi) is 6.49. The van der Waals surface area contributed by atoms with Gasteiger partial charge in [-0.2, -0.15) is 4.31 Å². The molecule has 0 saturated carbocycles. The highest BCUT2D eigenvalue weighted by molar-refractivity contribution is 9.10. The lowest BCUT2D eigenvalue weighted by Gasteiger charge is -2.33. The zero-order chi connectivity index (χ0) is 20.3. The summed E-state index contributed by atoms with van der Waals surface area (Å²) in [6.07, 6.45) is 0. The maximum absolute atomic E-state index is 13.4. The second-order valence-electron chi connectivity index (χ2n) is 6.44. The predicted molar refractivity (Wildman–Crippen MR) is 109 cm³/mol. The number of amides is 1. The molecule has 0 radical (unpaired) electrons. The van der Waals surface area contributed by atoms with Gasteiger partial charge in [-0.1, -0.05) is 6.92 Å². The molecule has 0 aliphatic carbocycles. The zero-order valence-electron chi connectivity index (χ0n) is 15.4. The minimum atomic E-state index is -3.57. The average molecular weight is 470 g/mol. The van der Waals surface area contributed by atoms with Gasteiger partial charge < -0.3 is 10.2 Å². The zero-order valence-corrected chi connectivity index (χ0v) is 17.8. The molecule has 1 saturated heterocycles. The highest BCUT2D eigenvalue weighted by Gasteiger charge is 2.27. The first kappa shape index (κ1) is 20.9. The third-order valence-corrected chi connectivity index (χ3v) is 7.31. The van der Waals surface area contributed by atoms with Gasteiger partial charge in [0, 0.05) is 36.3 Å². The lowest BCUT2D eigenvalue weighted by Crippen LogP contribution is -2.48. The van der Waals surface area contributed by atoms with Crippen molar-refractivity contribution in [2.24, 2.45) is 0 Å². The Morgan fingerprint density at radius 2 is 1.75 bits per heavy atom. The number of anilines is 1. The van der Waals surface area contributed by atoms with Gasteiger partial charge in [-0.3, -0.25) is 4.79 Å². The van der Waals surface area contributed by atoms with Crippen LogP contribution in [0.1, 0.15) is 17.3 Å². The van der Waals surface area contributed by atoms with Gasteiger partial charge in [0.1, 0.15) is 5.82 Å². The molecule has 2 aromatic rings. The topological polar surface area (TPSA) is 69.7 Å². The lowest BCUT2D eigenvalue weighted by atomic mass is 10.2. The fourth-order valence-electron chi connectivity index (χ4n) is 3.02. The number of sulfonamides is 1. The van der Waals surface area contributed by atoms with Gasteiger partial charge in [-0.15, -0.1) is 0 Å². The highest BCUT2D eigenvalue weighted by Crippen LogP contribution is 2.22. The third-order valence-electron chi connectivity index (χ3n) is 4.70. The minimum Gasteiger partial charge on any atom is -0.322 e. The second-order valence-corrected chi connectivity index (χ2v) is 9.23. The molecule has 1 aliphatic rings. The molecule has 0 spiro atoms. The highest BCUT2D eigenvalue weighted by atomic mass is 79.9. The Labute approximate surface area is 172 Å². The molecule has 6 nitrogen and oxygen atoms in total. The van der Waals surface area contributed by atoms with E-state index >= 15 is 0 Å². The number of halogens is 2. The van der Waals surface area contributed by atoms with Crippen LogP contribution in [0.4, 0.5) is 10.1 Å². The van der Waals surface area contributed by atoms with Crippen molar-refractivity contribution >= 4 is 37.5 Å². The molecule has 2 aromatic carbocycles. The van der Waals surface area contributed by atoms with Crippen molar-refractivity contribution in [2.75, 3.05) is 38.0 Å². The van der Waals surface area contributed by atoms with Crippen molar-refractivity contribution in [2.45, 2.75) is 11.8 Å². The van der Waals surface area contributed by atoms with E-state index in [0.717, 1.165) is 12.6 Å². The van der Waals surface area contributed by atoms with Crippen molar-refractivity contribution < 1.29 is 17.6 Å². The quantitative estimate of drug-likeness (QED) is 0.729. The van der Waals surface area contributed by atoms with Crippen molar-refractivity contribution in [1.29, 1.82) is 0 Å². The summed E-state index contributed by atoms with van der Waals surface area (Å²) >= 11 is 3.22. The molecule has 1 heterocycles. The normalized spacial score (nSPS) is 16.1. The monoisotopic (exact) mass is 469 g/mol. The molecular weight excluding hydrogens is 449 g/mol. The van der Waals surface area contributed by atoms with E-state index < -0.39 is 21.7 Å². The van der Waals surface area contributed by atoms with Gasteiger partial charge in [-0.05, 0) is 64.9 Å². The van der Waals surface area contributed by atoms with Gasteiger partial charge in [-0.25, -0.2) is 12.8 Å². The van der Waals surface area contributed by atoms with E-state index in [-0.39, 0.29) is 10.5 Å². The number of hydrogen-bond donors (Lipinski definition) is 1. The predicted octanol–water partition coefficient (Wildman–Crippen LogP) is 3.17. The van der Waals surface area contributed by atoms with E-state index in [9.17, 15) is 17.6 Å². The van der Waals surface area contributed by atoms with Gasteiger partial charge in [0.05, 0.1) is 10.5 Å². The van der Waals surface area contributed by atoms with E-state index in [4.69, 9.17) is 0 Å². The molecule has 150 valence electrons. The number of carbonyl (C=O) groups excluding carboxylic acids is 1. The van der Waals surface area contributed by atoms with Crippen LogP contribution < -0.4 is 5.32 Å². The second kappa shape index (κ2) is 8.69. The summed E-state index contributed by atoms with van der Waals surface area (Å²) in [5.74, 6) is -1.00. The fraction of sp³-hybridized carbons (Fsp3) is 0.316. The molecule has 0 aromatic heterocycles. The first-order valence-corrected chi connectivity index (χ1v) is 11.1. The first-order chi connectivity index (χ1) is 13.3. The number of likely N-dealkylation sites (N-methyl/N-ethyl adjacent to an activating group) is 1. The minimum absolute atomic E-state index is 0.158. The van der Waals surface area contributed by atoms with E-state index in [1.807, 2.05) is 0 Å².